The van der Waals surface area contributed by atoms with E-state index in [-0.39, 0.29) is 0 Å². The Balaban J connectivity index is 2.26. The molecule has 0 radical (unpaired) electrons. The van der Waals surface area contributed by atoms with Gasteiger partial charge in [-0.05, 0) is 24.7 Å². The quantitative estimate of drug-likeness (QED) is 0.460. The van der Waals surface area contributed by atoms with E-state index in [2.05, 4.69) is 17.4 Å². The average Bonchev–Trinajstić information content (AvgIpc) is 2.34. The van der Waals surface area contributed by atoms with Crippen LogP contribution in [0.3, 0.4) is 0 Å². The van der Waals surface area contributed by atoms with Crippen LogP contribution in [0.15, 0.2) is 41.6 Å². The maximum Gasteiger partial charge on any atom is 0.263 e. The first-order chi connectivity index (χ1) is 8.22. The minimum absolute atomic E-state index is 0.434. The summed E-state index contributed by atoms with van der Waals surface area (Å²) >= 11 is 1.35. The van der Waals surface area contributed by atoms with Gasteiger partial charge in [-0.1, -0.05) is 30.3 Å². The minimum atomic E-state index is -0.434. The average molecular weight is 252 g/mol. The Morgan fingerprint density at radius 2 is 2.18 bits per heavy atom. The number of benzene rings is 1. The lowest BCUT2D eigenvalue weighted by molar-refractivity contribution is -0.403. The molecule has 0 aliphatic rings. The van der Waals surface area contributed by atoms with E-state index in [1.54, 1.807) is 0 Å². The van der Waals surface area contributed by atoms with Crippen molar-refractivity contribution in [2.75, 3.05) is 12.8 Å². The van der Waals surface area contributed by atoms with E-state index >= 15 is 0 Å². The number of hydrogen-bond acceptors (Lipinski definition) is 4. The van der Waals surface area contributed by atoms with Crippen molar-refractivity contribution >= 4 is 11.8 Å². The molecule has 0 unspecified atom stereocenters. The van der Waals surface area contributed by atoms with Gasteiger partial charge in [0.2, 0.25) is 0 Å². The predicted molar refractivity (Wildman–Crippen MR) is 71.4 cm³/mol. The smallest absolute Gasteiger partial charge is 0.263 e. The van der Waals surface area contributed by atoms with Crippen molar-refractivity contribution in [3.05, 3.63) is 57.2 Å². The van der Waals surface area contributed by atoms with Gasteiger partial charge in [-0.3, -0.25) is 10.1 Å². The Kier molecular flexibility index (Phi) is 6.17. The molecule has 92 valence electrons. The number of hydrogen-bond donors (Lipinski definition) is 1. The number of nitrogens with zero attached hydrogens (tertiary/aromatic N) is 1. The maximum atomic E-state index is 10.3. The van der Waals surface area contributed by atoms with Crippen LogP contribution in [-0.2, 0) is 6.42 Å². The van der Waals surface area contributed by atoms with Crippen LogP contribution in [0, 0.1) is 10.1 Å². The standard InChI is InChI=1S/C12H16N2O2S/c1-17-12(10-14(15)16)13-9-5-8-11-6-3-2-4-7-11/h2-4,6-7,10,13H,5,8-9H2,1H3. The summed E-state index contributed by atoms with van der Waals surface area (Å²) in [6, 6.07) is 10.2. The fourth-order valence-corrected chi connectivity index (χ4v) is 1.85. The molecule has 0 aromatic heterocycles. The van der Waals surface area contributed by atoms with Crippen molar-refractivity contribution in [3.63, 3.8) is 0 Å². The number of nitro groups is 1. The van der Waals surface area contributed by atoms with Gasteiger partial charge in [0.1, 0.15) is 5.03 Å². The highest BCUT2D eigenvalue weighted by molar-refractivity contribution is 8.02. The Bertz CT molecular complexity index is 379. The highest BCUT2D eigenvalue weighted by Gasteiger charge is 2.00. The summed E-state index contributed by atoms with van der Waals surface area (Å²) in [5.41, 5.74) is 1.29. The SMILES string of the molecule is CSC(=C[N+](=O)[O-])NCCCc1ccccc1. The Labute approximate surface area is 105 Å². The van der Waals surface area contributed by atoms with Gasteiger partial charge in [0.05, 0.1) is 4.92 Å². The van der Waals surface area contributed by atoms with Crippen LogP contribution >= 0.6 is 11.8 Å². The zero-order chi connectivity index (χ0) is 12.5. The Hall–Kier alpha value is -1.49. The van der Waals surface area contributed by atoms with Gasteiger partial charge >= 0.3 is 0 Å². The molecule has 0 fully saturated rings. The van der Waals surface area contributed by atoms with E-state index in [0.717, 1.165) is 25.6 Å². The minimum Gasteiger partial charge on any atom is -0.375 e. The molecule has 0 saturated carbocycles. The molecule has 0 atom stereocenters. The van der Waals surface area contributed by atoms with E-state index in [4.69, 9.17) is 0 Å². The molecule has 1 aromatic rings. The molecular formula is C12H16N2O2S. The second-order valence-electron chi connectivity index (χ2n) is 3.50. The van der Waals surface area contributed by atoms with Crippen molar-refractivity contribution in [2.45, 2.75) is 12.8 Å². The molecule has 0 spiro atoms. The highest BCUT2D eigenvalue weighted by atomic mass is 32.2. The highest BCUT2D eigenvalue weighted by Crippen LogP contribution is 2.08. The van der Waals surface area contributed by atoms with E-state index in [9.17, 15) is 10.1 Å². The van der Waals surface area contributed by atoms with Gasteiger partial charge in [0.15, 0.2) is 0 Å². The summed E-state index contributed by atoms with van der Waals surface area (Å²) in [7, 11) is 0. The van der Waals surface area contributed by atoms with Gasteiger partial charge in [-0.15, -0.1) is 11.8 Å². The van der Waals surface area contributed by atoms with Crippen molar-refractivity contribution < 1.29 is 4.92 Å². The predicted octanol–water partition coefficient (Wildman–Crippen LogP) is 2.65. The topological polar surface area (TPSA) is 55.2 Å². The summed E-state index contributed by atoms with van der Waals surface area (Å²) in [6.45, 7) is 0.745. The third kappa shape index (κ3) is 5.97. The first-order valence-electron chi connectivity index (χ1n) is 5.39. The second kappa shape index (κ2) is 7.73. The molecule has 17 heavy (non-hydrogen) atoms. The van der Waals surface area contributed by atoms with Crippen molar-refractivity contribution in [1.82, 2.24) is 5.32 Å². The molecule has 0 saturated heterocycles. The van der Waals surface area contributed by atoms with E-state index in [1.807, 2.05) is 24.5 Å². The molecule has 0 aliphatic carbocycles. The zero-order valence-corrected chi connectivity index (χ0v) is 10.6. The summed E-state index contributed by atoms with van der Waals surface area (Å²) < 4.78 is 0. The van der Waals surface area contributed by atoms with E-state index in [1.165, 1.54) is 17.3 Å². The van der Waals surface area contributed by atoms with Gasteiger partial charge in [-0.25, -0.2) is 0 Å². The third-order valence-electron chi connectivity index (χ3n) is 2.23. The lowest BCUT2D eigenvalue weighted by Crippen LogP contribution is -2.14. The normalized spacial score (nSPS) is 11.2. The summed E-state index contributed by atoms with van der Waals surface area (Å²) in [4.78, 5) is 9.86. The van der Waals surface area contributed by atoms with Crippen LogP contribution in [0.1, 0.15) is 12.0 Å². The lowest BCUT2D eigenvalue weighted by Gasteiger charge is -2.05. The number of aryl methyl sites for hydroxylation is 1. The van der Waals surface area contributed by atoms with Crippen LogP contribution in [0.4, 0.5) is 0 Å². The molecule has 1 rings (SSSR count). The van der Waals surface area contributed by atoms with Gasteiger partial charge in [-0.2, -0.15) is 0 Å². The first-order valence-corrected chi connectivity index (χ1v) is 6.62. The second-order valence-corrected chi connectivity index (χ2v) is 4.35. The third-order valence-corrected chi connectivity index (χ3v) is 2.92. The summed E-state index contributed by atoms with van der Waals surface area (Å²) in [5, 5.41) is 14.0. The van der Waals surface area contributed by atoms with Crippen LogP contribution in [0.2, 0.25) is 0 Å². The van der Waals surface area contributed by atoms with Crippen LogP contribution in [-0.4, -0.2) is 17.7 Å². The molecule has 1 N–H and O–H groups in total. The van der Waals surface area contributed by atoms with Crippen LogP contribution in [0.25, 0.3) is 0 Å². The number of nitrogens with one attached hydrogen (secondary N) is 1. The lowest BCUT2D eigenvalue weighted by atomic mass is 10.1. The molecule has 1 aromatic carbocycles. The Morgan fingerprint density at radius 1 is 1.47 bits per heavy atom. The van der Waals surface area contributed by atoms with Crippen molar-refractivity contribution in [3.8, 4) is 0 Å². The molecule has 4 nitrogen and oxygen atoms in total. The van der Waals surface area contributed by atoms with Gasteiger partial charge in [0, 0.05) is 6.54 Å². The number of thioether (sulfide) groups is 1. The fraction of sp³-hybridized carbons (Fsp3) is 0.333. The molecule has 0 heterocycles. The molecule has 0 aliphatic heterocycles. The van der Waals surface area contributed by atoms with E-state index in [0.29, 0.717) is 5.03 Å². The van der Waals surface area contributed by atoms with Crippen LogP contribution < -0.4 is 5.32 Å². The molecule has 0 amide bonds. The summed E-state index contributed by atoms with van der Waals surface area (Å²) in [6.07, 6.45) is 4.76. The first kappa shape index (κ1) is 13.6. The molecule has 0 bridgehead atoms. The number of rotatable bonds is 7. The monoisotopic (exact) mass is 252 g/mol. The largest absolute Gasteiger partial charge is 0.375 e. The van der Waals surface area contributed by atoms with E-state index < -0.39 is 4.92 Å². The Morgan fingerprint density at radius 3 is 2.76 bits per heavy atom. The molecule has 5 heteroatoms. The van der Waals surface area contributed by atoms with Crippen molar-refractivity contribution in [1.29, 1.82) is 0 Å². The van der Waals surface area contributed by atoms with Crippen LogP contribution in [0.5, 0.6) is 0 Å². The maximum absolute atomic E-state index is 10.3. The van der Waals surface area contributed by atoms with Crippen molar-refractivity contribution in [2.24, 2.45) is 0 Å². The van der Waals surface area contributed by atoms with Gasteiger partial charge < -0.3 is 5.32 Å². The zero-order valence-electron chi connectivity index (χ0n) is 9.76. The summed E-state index contributed by atoms with van der Waals surface area (Å²) in [5.74, 6) is 0. The fourth-order valence-electron chi connectivity index (χ4n) is 1.42. The molecular weight excluding hydrogens is 236 g/mol. The van der Waals surface area contributed by atoms with Gasteiger partial charge in [0.25, 0.3) is 6.20 Å².